The number of thioether (sulfide) groups is 1. The average molecular weight is 719 g/mol. The molecule has 0 N–H and O–H groups in total. The summed E-state index contributed by atoms with van der Waals surface area (Å²) in [5.41, 5.74) is 8.83. The van der Waals surface area contributed by atoms with Crippen LogP contribution in [0.15, 0.2) is 154 Å². The van der Waals surface area contributed by atoms with Crippen LogP contribution < -0.4 is 14.4 Å². The summed E-state index contributed by atoms with van der Waals surface area (Å²) in [6.07, 6.45) is 11.3. The number of allylic oxidation sites excluding steroid dienone is 5. The number of aromatic nitrogens is 1. The van der Waals surface area contributed by atoms with Gasteiger partial charge in [-0.05, 0) is 78.6 Å². The topological polar surface area (TPSA) is 10.4 Å². The molecule has 2 heterocycles. The Labute approximate surface area is 318 Å². The van der Waals surface area contributed by atoms with Crippen molar-refractivity contribution in [3.8, 4) is 0 Å². The van der Waals surface area contributed by atoms with Crippen LogP contribution in [-0.4, -0.2) is 7.05 Å². The second kappa shape index (κ2) is 22.5. The number of thiazole rings is 1. The Morgan fingerprint density at radius 1 is 0.647 bits per heavy atom. The lowest BCUT2D eigenvalue weighted by Gasteiger charge is -2.28. The van der Waals surface area contributed by atoms with Crippen LogP contribution in [0, 0.1) is 0 Å². The van der Waals surface area contributed by atoms with Gasteiger partial charge in [-0.2, -0.15) is 4.57 Å². The number of anilines is 3. The van der Waals surface area contributed by atoms with Crippen molar-refractivity contribution in [2.75, 3.05) is 16.8 Å². The van der Waals surface area contributed by atoms with E-state index in [-0.39, 0.29) is 7.43 Å². The highest BCUT2D eigenvalue weighted by atomic mass is 32.2. The zero-order chi connectivity index (χ0) is 36.5. The van der Waals surface area contributed by atoms with Gasteiger partial charge in [0.15, 0.2) is 0 Å². The SMILES string of the molecule is C.CC.CC.CC.CC.CN1/C(=C/C=C2\CCC(/C=C/c3sc4ccccc4[n+]3C)=C2N(c2ccccc2)c2ccccc2)Sc2ccccc21. The predicted octanol–water partition coefficient (Wildman–Crippen LogP) is 14.4. The molecule has 5 aromatic rings. The highest BCUT2D eigenvalue weighted by molar-refractivity contribution is 8.03. The first-order valence-corrected chi connectivity index (χ1v) is 19.9. The molecule has 7 rings (SSSR count). The van der Waals surface area contributed by atoms with Gasteiger partial charge in [-0.25, -0.2) is 0 Å². The molecule has 2 aliphatic rings. The van der Waals surface area contributed by atoms with Gasteiger partial charge in [0.2, 0.25) is 5.52 Å². The van der Waals surface area contributed by atoms with Gasteiger partial charge in [0.1, 0.15) is 11.7 Å². The fourth-order valence-electron chi connectivity index (χ4n) is 5.76. The first kappa shape index (κ1) is 42.8. The molecular weight excluding hydrogens is 659 g/mol. The molecule has 270 valence electrons. The van der Waals surface area contributed by atoms with Crippen LogP contribution in [0.1, 0.15) is 80.7 Å². The molecule has 1 aliphatic heterocycles. The molecule has 0 spiro atoms. The largest absolute Gasteiger partial charge is 0.338 e. The van der Waals surface area contributed by atoms with Crippen LogP contribution >= 0.6 is 23.1 Å². The lowest BCUT2D eigenvalue weighted by Crippen LogP contribution is -2.28. The van der Waals surface area contributed by atoms with Crippen molar-refractivity contribution in [1.29, 1.82) is 0 Å². The van der Waals surface area contributed by atoms with E-state index in [0.29, 0.717) is 0 Å². The molecule has 0 saturated carbocycles. The zero-order valence-corrected chi connectivity index (χ0v) is 33.4. The maximum atomic E-state index is 2.43. The lowest BCUT2D eigenvalue weighted by molar-refractivity contribution is -0.642. The first-order chi connectivity index (χ1) is 24.7. The van der Waals surface area contributed by atoms with Crippen molar-refractivity contribution in [3.05, 3.63) is 154 Å². The molecule has 0 saturated heterocycles. The molecule has 1 aromatic heterocycles. The zero-order valence-electron chi connectivity index (χ0n) is 31.8. The van der Waals surface area contributed by atoms with E-state index in [1.54, 1.807) is 0 Å². The third-order valence-electron chi connectivity index (χ3n) is 7.92. The summed E-state index contributed by atoms with van der Waals surface area (Å²) in [5.74, 6) is 0. The van der Waals surface area contributed by atoms with Crippen LogP contribution in [0.2, 0.25) is 0 Å². The van der Waals surface area contributed by atoms with E-state index in [4.69, 9.17) is 0 Å². The fraction of sp³-hybridized carbons (Fsp3) is 0.283. The van der Waals surface area contributed by atoms with Gasteiger partial charge in [-0.1, -0.05) is 153 Å². The van der Waals surface area contributed by atoms with Crippen molar-refractivity contribution >= 4 is 56.5 Å². The highest BCUT2D eigenvalue weighted by Gasteiger charge is 2.27. The molecule has 0 bridgehead atoms. The van der Waals surface area contributed by atoms with E-state index >= 15 is 0 Å². The Balaban J connectivity index is 0.000000939. The monoisotopic (exact) mass is 718 g/mol. The van der Waals surface area contributed by atoms with E-state index < -0.39 is 0 Å². The molecule has 0 amide bonds. The van der Waals surface area contributed by atoms with Gasteiger partial charge in [0.05, 0.1) is 16.4 Å². The van der Waals surface area contributed by atoms with Crippen LogP contribution in [0.25, 0.3) is 16.3 Å². The third kappa shape index (κ3) is 10.1. The Kier molecular flexibility index (Phi) is 18.9. The molecule has 0 unspecified atom stereocenters. The molecule has 5 heteroatoms. The maximum Gasteiger partial charge on any atom is 0.262 e. The minimum atomic E-state index is 0. The quantitative estimate of drug-likeness (QED) is 0.162. The summed E-state index contributed by atoms with van der Waals surface area (Å²) in [5, 5.41) is 2.49. The van der Waals surface area contributed by atoms with Crippen LogP contribution in [-0.2, 0) is 7.05 Å². The molecule has 51 heavy (non-hydrogen) atoms. The van der Waals surface area contributed by atoms with Crippen LogP contribution in [0.5, 0.6) is 0 Å². The molecule has 0 radical (unpaired) electrons. The molecule has 4 aromatic carbocycles. The van der Waals surface area contributed by atoms with E-state index in [1.807, 2.05) is 78.5 Å². The molecule has 0 fully saturated rings. The van der Waals surface area contributed by atoms with Crippen molar-refractivity contribution in [2.24, 2.45) is 7.05 Å². The van der Waals surface area contributed by atoms with E-state index in [2.05, 4.69) is 162 Å². The normalized spacial score (nSPS) is 14.4. The summed E-state index contributed by atoms with van der Waals surface area (Å²) >= 11 is 3.68. The smallest absolute Gasteiger partial charge is 0.262 e. The van der Waals surface area contributed by atoms with Crippen molar-refractivity contribution in [3.63, 3.8) is 0 Å². The number of rotatable bonds is 6. The molecule has 0 atom stereocenters. The lowest BCUT2D eigenvalue weighted by atomic mass is 10.1. The van der Waals surface area contributed by atoms with Crippen molar-refractivity contribution in [2.45, 2.75) is 80.6 Å². The Morgan fingerprint density at radius 2 is 1.20 bits per heavy atom. The van der Waals surface area contributed by atoms with E-state index in [1.165, 1.54) is 47.7 Å². The Hall–Kier alpha value is -4.32. The summed E-state index contributed by atoms with van der Waals surface area (Å²) in [4.78, 5) is 6.04. The second-order valence-corrected chi connectivity index (χ2v) is 12.6. The Morgan fingerprint density at radius 3 is 1.78 bits per heavy atom. The van der Waals surface area contributed by atoms with Crippen LogP contribution in [0.4, 0.5) is 17.1 Å². The summed E-state index contributed by atoms with van der Waals surface area (Å²) < 4.78 is 3.60. The van der Waals surface area contributed by atoms with Gasteiger partial charge in [0.25, 0.3) is 5.01 Å². The third-order valence-corrected chi connectivity index (χ3v) is 10.3. The number of fused-ring (bicyclic) bond motifs is 2. The number of para-hydroxylation sites is 4. The highest BCUT2D eigenvalue weighted by Crippen LogP contribution is 2.46. The maximum absolute atomic E-state index is 2.43. The van der Waals surface area contributed by atoms with Gasteiger partial charge < -0.3 is 9.80 Å². The average Bonchev–Trinajstić information content (AvgIpc) is 3.86. The summed E-state index contributed by atoms with van der Waals surface area (Å²) in [7, 11) is 4.32. The van der Waals surface area contributed by atoms with Gasteiger partial charge in [0, 0.05) is 35.5 Å². The number of benzene rings is 4. The minimum absolute atomic E-state index is 0. The summed E-state index contributed by atoms with van der Waals surface area (Å²) in [6.45, 7) is 16.0. The van der Waals surface area contributed by atoms with E-state index in [0.717, 1.165) is 24.2 Å². The number of hydrogen-bond donors (Lipinski definition) is 0. The Bertz CT molecular complexity index is 1840. The van der Waals surface area contributed by atoms with Crippen molar-refractivity contribution in [1.82, 2.24) is 0 Å². The molecule has 1 aliphatic carbocycles. The van der Waals surface area contributed by atoms with Crippen LogP contribution in [0.3, 0.4) is 0 Å². The predicted molar refractivity (Wildman–Crippen MR) is 232 cm³/mol. The molecule has 3 nitrogen and oxygen atoms in total. The fourth-order valence-corrected chi connectivity index (χ4v) is 7.87. The number of aryl methyl sites for hydroxylation is 1. The first-order valence-electron chi connectivity index (χ1n) is 18.3. The van der Waals surface area contributed by atoms with Gasteiger partial charge >= 0.3 is 0 Å². The van der Waals surface area contributed by atoms with Gasteiger partial charge in [-0.3, -0.25) is 0 Å². The van der Waals surface area contributed by atoms with Crippen molar-refractivity contribution < 1.29 is 4.57 Å². The summed E-state index contributed by atoms with van der Waals surface area (Å²) in [6, 6.07) is 38.8. The number of nitrogens with zero attached hydrogens (tertiary/aromatic N) is 3. The number of hydrogen-bond acceptors (Lipinski definition) is 4. The standard InChI is InChI=1S/C37H32N3S2.4C2H6.CH4/c1-38-31-17-9-11-19-33(31)41-35(38)25-23-27-21-22-28(24-26-36-39(2)32-18-10-12-20-34(32)42-36)37(27)40(29-13-5-3-6-14-29)30-15-7-4-8-16-30;4*1-2;/h3-20,23-26H,21-22H2,1-2H3;4*1-2H3;1H4/q+1;;;;;. The second-order valence-electron chi connectivity index (χ2n) is 10.5. The molecular formula is C46H60N3S2+. The van der Waals surface area contributed by atoms with Gasteiger partial charge in [-0.15, -0.1) is 0 Å². The van der Waals surface area contributed by atoms with E-state index in [9.17, 15) is 0 Å². The minimum Gasteiger partial charge on any atom is -0.338 e.